The Labute approximate surface area is 120 Å². The predicted molar refractivity (Wildman–Crippen MR) is 81.2 cm³/mol. The van der Waals surface area contributed by atoms with Crippen molar-refractivity contribution < 1.29 is 0 Å². The second-order valence-corrected chi connectivity index (χ2v) is 6.52. The third-order valence-electron chi connectivity index (χ3n) is 3.85. The second-order valence-electron chi connectivity index (χ2n) is 5.47. The Morgan fingerprint density at radius 2 is 2.05 bits per heavy atom. The van der Waals surface area contributed by atoms with Gasteiger partial charge in [0.1, 0.15) is 0 Å². The zero-order valence-electron chi connectivity index (χ0n) is 11.8. The lowest BCUT2D eigenvalue weighted by molar-refractivity contribution is 0.597. The maximum atomic E-state index is 8.82. The molecule has 1 unspecified atom stereocenters. The molecular weight excluding hydrogens is 252 g/mol. The van der Waals surface area contributed by atoms with Crippen LogP contribution in [0.15, 0.2) is 29.2 Å². The number of hydrogen-bond acceptors (Lipinski definition) is 3. The van der Waals surface area contributed by atoms with Gasteiger partial charge in [-0.25, -0.2) is 0 Å². The molecule has 0 amide bonds. The van der Waals surface area contributed by atoms with E-state index in [9.17, 15) is 0 Å². The van der Waals surface area contributed by atoms with Crippen molar-refractivity contribution in [3.8, 4) is 6.07 Å². The highest BCUT2D eigenvalue weighted by Gasteiger charge is 2.42. The summed E-state index contributed by atoms with van der Waals surface area (Å²) >= 11 is 1.89. The third-order valence-corrected chi connectivity index (χ3v) is 5.21. The van der Waals surface area contributed by atoms with Crippen LogP contribution < -0.4 is 5.32 Å². The zero-order valence-corrected chi connectivity index (χ0v) is 12.6. The van der Waals surface area contributed by atoms with Crippen molar-refractivity contribution >= 4 is 11.8 Å². The Bertz CT molecular complexity index is 443. The number of rotatable bonds is 7. The third kappa shape index (κ3) is 3.99. The van der Waals surface area contributed by atoms with Crippen LogP contribution in [0.2, 0.25) is 0 Å². The highest BCUT2D eigenvalue weighted by atomic mass is 32.2. The van der Waals surface area contributed by atoms with Gasteiger partial charge in [0, 0.05) is 23.1 Å². The summed E-state index contributed by atoms with van der Waals surface area (Å²) < 4.78 is 0. The Morgan fingerprint density at radius 3 is 2.58 bits per heavy atom. The van der Waals surface area contributed by atoms with Gasteiger partial charge in [-0.2, -0.15) is 5.26 Å². The fourth-order valence-corrected chi connectivity index (χ4v) is 3.42. The monoisotopic (exact) mass is 274 g/mol. The summed E-state index contributed by atoms with van der Waals surface area (Å²) in [5, 5.41) is 12.2. The molecule has 3 heteroatoms. The van der Waals surface area contributed by atoms with Gasteiger partial charge in [0.05, 0.1) is 6.07 Å². The number of nitrogens with zero attached hydrogens (tertiary/aromatic N) is 1. The van der Waals surface area contributed by atoms with Crippen LogP contribution in [-0.2, 0) is 0 Å². The van der Waals surface area contributed by atoms with Crippen molar-refractivity contribution in [3.63, 3.8) is 0 Å². The van der Waals surface area contributed by atoms with Crippen molar-refractivity contribution in [2.24, 2.45) is 5.41 Å². The Morgan fingerprint density at radius 1 is 1.37 bits per heavy atom. The van der Waals surface area contributed by atoms with Crippen LogP contribution in [0.1, 0.15) is 44.7 Å². The first-order valence-corrected chi connectivity index (χ1v) is 8.01. The predicted octanol–water partition coefficient (Wildman–Crippen LogP) is 4.14. The van der Waals surface area contributed by atoms with Gasteiger partial charge < -0.3 is 5.32 Å². The van der Waals surface area contributed by atoms with Crippen LogP contribution in [0.4, 0.5) is 0 Å². The van der Waals surface area contributed by atoms with Crippen molar-refractivity contribution in [1.29, 1.82) is 5.26 Å². The van der Waals surface area contributed by atoms with Gasteiger partial charge in [-0.05, 0) is 49.4 Å². The lowest BCUT2D eigenvalue weighted by atomic mass is 10.1. The Balaban J connectivity index is 1.87. The maximum absolute atomic E-state index is 8.82. The minimum atomic E-state index is 0.329. The number of nitrogens with one attached hydrogen (secondary N) is 1. The summed E-state index contributed by atoms with van der Waals surface area (Å²) in [7, 11) is 0. The van der Waals surface area contributed by atoms with Crippen LogP contribution in [-0.4, -0.2) is 12.3 Å². The normalized spacial score (nSPS) is 17.7. The number of hydrogen-bond donors (Lipinski definition) is 1. The van der Waals surface area contributed by atoms with Gasteiger partial charge in [0.2, 0.25) is 0 Å². The van der Waals surface area contributed by atoms with E-state index in [2.05, 4.69) is 49.5 Å². The molecule has 1 aliphatic carbocycles. The van der Waals surface area contributed by atoms with E-state index in [1.54, 1.807) is 0 Å². The molecule has 19 heavy (non-hydrogen) atoms. The van der Waals surface area contributed by atoms with E-state index >= 15 is 0 Å². The lowest BCUT2D eigenvalue weighted by Gasteiger charge is -2.14. The molecule has 0 aromatic heterocycles. The Kier molecular flexibility index (Phi) is 4.90. The standard InChI is InChI=1S/C16H22N2S/c1-3-18-13(2)14-4-6-15(7-5-14)19-12-16(8-9-16)10-11-17/h4-7,13,18H,3,8-10,12H2,1-2H3. The molecule has 1 N–H and O–H groups in total. The SMILES string of the molecule is CCNC(C)c1ccc(SCC2(CC#N)CC2)cc1. The smallest absolute Gasteiger partial charge is 0.0627 e. The average Bonchev–Trinajstić information content (AvgIpc) is 3.18. The van der Waals surface area contributed by atoms with Crippen LogP contribution in [0.25, 0.3) is 0 Å². The summed E-state index contributed by atoms with van der Waals surface area (Å²) in [5.41, 5.74) is 1.67. The summed E-state index contributed by atoms with van der Waals surface area (Å²) in [6.07, 6.45) is 3.17. The molecule has 102 valence electrons. The highest BCUT2D eigenvalue weighted by Crippen LogP contribution is 2.51. The molecule has 1 aromatic rings. The maximum Gasteiger partial charge on any atom is 0.0627 e. The number of benzene rings is 1. The molecule has 0 spiro atoms. The van der Waals surface area contributed by atoms with Crippen molar-refractivity contribution in [2.75, 3.05) is 12.3 Å². The molecule has 0 heterocycles. The molecule has 2 nitrogen and oxygen atoms in total. The molecule has 0 bridgehead atoms. The van der Waals surface area contributed by atoms with Crippen molar-refractivity contribution in [3.05, 3.63) is 29.8 Å². The molecule has 0 aliphatic heterocycles. The minimum absolute atomic E-state index is 0.329. The Hall–Kier alpha value is -0.980. The zero-order chi connectivity index (χ0) is 13.7. The van der Waals surface area contributed by atoms with Gasteiger partial charge in [0.15, 0.2) is 0 Å². The number of nitriles is 1. The van der Waals surface area contributed by atoms with Crippen LogP contribution in [0.3, 0.4) is 0 Å². The van der Waals surface area contributed by atoms with Gasteiger partial charge in [-0.1, -0.05) is 19.1 Å². The molecule has 1 atom stereocenters. The first-order chi connectivity index (χ1) is 9.19. The molecular formula is C16H22N2S. The van der Waals surface area contributed by atoms with Crippen LogP contribution >= 0.6 is 11.8 Å². The first kappa shape index (κ1) is 14.4. The molecule has 1 aromatic carbocycles. The molecule has 2 rings (SSSR count). The largest absolute Gasteiger partial charge is 0.310 e. The quantitative estimate of drug-likeness (QED) is 0.759. The summed E-state index contributed by atoms with van der Waals surface area (Å²) in [6.45, 7) is 5.32. The molecule has 0 saturated heterocycles. The fraction of sp³-hybridized carbons (Fsp3) is 0.562. The fourth-order valence-electron chi connectivity index (χ4n) is 2.23. The molecule has 1 fully saturated rings. The van der Waals surface area contributed by atoms with Gasteiger partial charge in [-0.3, -0.25) is 0 Å². The minimum Gasteiger partial charge on any atom is -0.310 e. The van der Waals surface area contributed by atoms with E-state index in [0.717, 1.165) is 18.7 Å². The van der Waals surface area contributed by atoms with E-state index in [1.807, 2.05) is 11.8 Å². The van der Waals surface area contributed by atoms with Gasteiger partial charge in [-0.15, -0.1) is 11.8 Å². The van der Waals surface area contributed by atoms with Gasteiger partial charge >= 0.3 is 0 Å². The van der Waals surface area contributed by atoms with Gasteiger partial charge in [0.25, 0.3) is 0 Å². The molecule has 1 saturated carbocycles. The number of thioether (sulfide) groups is 1. The molecule has 0 radical (unpaired) electrons. The lowest BCUT2D eigenvalue weighted by Crippen LogP contribution is -2.17. The summed E-state index contributed by atoms with van der Waals surface area (Å²) in [5.74, 6) is 1.09. The van der Waals surface area contributed by atoms with Crippen molar-refractivity contribution in [2.45, 2.75) is 44.0 Å². The van der Waals surface area contributed by atoms with E-state index < -0.39 is 0 Å². The van der Waals surface area contributed by atoms with Crippen LogP contribution in [0.5, 0.6) is 0 Å². The van der Waals surface area contributed by atoms with E-state index in [-0.39, 0.29) is 0 Å². The second kappa shape index (κ2) is 6.45. The van der Waals surface area contributed by atoms with Crippen LogP contribution in [0, 0.1) is 16.7 Å². The van der Waals surface area contributed by atoms with E-state index in [0.29, 0.717) is 11.5 Å². The molecule has 1 aliphatic rings. The summed E-state index contributed by atoms with van der Waals surface area (Å²) in [6, 6.07) is 11.6. The summed E-state index contributed by atoms with van der Waals surface area (Å²) in [4.78, 5) is 1.32. The van der Waals surface area contributed by atoms with E-state index in [4.69, 9.17) is 5.26 Å². The highest BCUT2D eigenvalue weighted by molar-refractivity contribution is 7.99. The topological polar surface area (TPSA) is 35.8 Å². The first-order valence-electron chi connectivity index (χ1n) is 7.02. The van der Waals surface area contributed by atoms with Crippen molar-refractivity contribution in [1.82, 2.24) is 5.32 Å². The van der Waals surface area contributed by atoms with E-state index in [1.165, 1.54) is 23.3 Å². The average molecular weight is 274 g/mol.